The molecule has 0 fully saturated rings. The molecular formula is C23H24ClFN6O6S. The molecule has 12 nitrogen and oxygen atoms in total. The Balaban J connectivity index is 2.02. The van der Waals surface area contributed by atoms with Gasteiger partial charge in [0.15, 0.2) is 5.69 Å². The van der Waals surface area contributed by atoms with Crippen molar-refractivity contribution in [2.45, 2.75) is 37.6 Å². The minimum Gasteiger partial charge on any atom is -0.494 e. The topological polar surface area (TPSA) is 165 Å². The predicted molar refractivity (Wildman–Crippen MR) is 140 cm³/mol. The molecular weight excluding hydrogens is 543 g/mol. The number of nitro benzene ring substituents is 1. The average Bonchev–Trinajstić information content (AvgIpc) is 2.85. The van der Waals surface area contributed by atoms with Gasteiger partial charge in [0.1, 0.15) is 16.3 Å². The van der Waals surface area contributed by atoms with E-state index in [2.05, 4.69) is 25.8 Å². The van der Waals surface area contributed by atoms with Gasteiger partial charge in [-0.3, -0.25) is 19.9 Å². The Morgan fingerprint density at radius 3 is 2.63 bits per heavy atom. The lowest BCUT2D eigenvalue weighted by molar-refractivity contribution is -0.384. The minimum atomic E-state index is -5.25. The zero-order valence-electron chi connectivity index (χ0n) is 20.6. The quantitative estimate of drug-likeness (QED) is 0.0995. The third-order valence-corrected chi connectivity index (χ3v) is 6.47. The fourth-order valence-electron chi connectivity index (χ4n) is 3.63. The molecule has 3 aromatic rings. The van der Waals surface area contributed by atoms with Crippen molar-refractivity contribution in [3.63, 3.8) is 0 Å². The van der Waals surface area contributed by atoms with Crippen LogP contribution in [0.3, 0.4) is 0 Å². The van der Waals surface area contributed by atoms with Gasteiger partial charge < -0.3 is 15.4 Å². The molecule has 202 valence electrons. The summed E-state index contributed by atoms with van der Waals surface area (Å²) in [6.45, 7) is 3.99. The Morgan fingerprint density at radius 2 is 2.00 bits per heavy atom. The molecule has 1 heterocycles. The van der Waals surface area contributed by atoms with Gasteiger partial charge in [0.2, 0.25) is 5.91 Å². The Labute approximate surface area is 222 Å². The van der Waals surface area contributed by atoms with Crippen LogP contribution in [0.1, 0.15) is 26.7 Å². The van der Waals surface area contributed by atoms with Gasteiger partial charge in [0.25, 0.3) is 5.69 Å². The van der Waals surface area contributed by atoms with Gasteiger partial charge in [-0.15, -0.1) is 14.1 Å². The summed E-state index contributed by atoms with van der Waals surface area (Å²) in [7, 11) is -3.84. The molecule has 1 unspecified atom stereocenters. The van der Waals surface area contributed by atoms with Gasteiger partial charge in [-0.05, 0) is 38.0 Å². The molecule has 0 spiro atoms. The van der Waals surface area contributed by atoms with E-state index in [9.17, 15) is 27.2 Å². The number of azo groups is 1. The van der Waals surface area contributed by atoms with E-state index in [1.54, 1.807) is 24.4 Å². The van der Waals surface area contributed by atoms with Crippen molar-refractivity contribution in [1.82, 2.24) is 10.3 Å². The van der Waals surface area contributed by atoms with Gasteiger partial charge in [-0.2, -0.15) is 8.42 Å². The van der Waals surface area contributed by atoms with Crippen molar-refractivity contribution in [2.24, 2.45) is 10.2 Å². The molecule has 1 aromatic heterocycles. The number of nitrogens with one attached hydrogen (secondary N) is 2. The van der Waals surface area contributed by atoms with Gasteiger partial charge in [-0.25, -0.2) is 0 Å². The van der Waals surface area contributed by atoms with Crippen molar-refractivity contribution in [2.75, 3.05) is 19.0 Å². The van der Waals surface area contributed by atoms with Crippen LogP contribution in [0, 0.1) is 10.1 Å². The zero-order valence-corrected chi connectivity index (χ0v) is 22.1. The number of nitro groups is 1. The first-order chi connectivity index (χ1) is 17.9. The van der Waals surface area contributed by atoms with Gasteiger partial charge in [0.05, 0.1) is 28.3 Å². The second kappa shape index (κ2) is 12.1. The second-order valence-corrected chi connectivity index (χ2v) is 9.97. The number of rotatable bonds is 11. The van der Waals surface area contributed by atoms with Crippen molar-refractivity contribution < 1.29 is 26.8 Å². The highest BCUT2D eigenvalue weighted by atomic mass is 35.5. The number of halogens is 2. The number of methoxy groups -OCH3 is 1. The number of pyridine rings is 1. The predicted octanol–water partition coefficient (Wildman–Crippen LogP) is 5.60. The molecule has 0 saturated heterocycles. The monoisotopic (exact) mass is 566 g/mol. The largest absolute Gasteiger partial charge is 0.494 e. The molecule has 0 radical (unpaired) electrons. The molecule has 3 rings (SSSR count). The SMILES string of the molecule is COc1cc(NC(C)CCCNC(C)=O)c2ncccc2c1N=Nc1c(Cl)cc(S(=O)(=O)F)cc1[N+](=O)[O-]. The Morgan fingerprint density at radius 1 is 1.29 bits per heavy atom. The number of benzene rings is 2. The third-order valence-electron chi connectivity index (χ3n) is 5.38. The Hall–Kier alpha value is -3.91. The first-order valence-corrected chi connectivity index (χ1v) is 13.0. The molecule has 1 atom stereocenters. The van der Waals surface area contributed by atoms with Crippen molar-refractivity contribution >= 4 is 61.4 Å². The van der Waals surface area contributed by atoms with Crippen LogP contribution in [0.15, 0.2) is 51.7 Å². The van der Waals surface area contributed by atoms with E-state index in [4.69, 9.17) is 16.3 Å². The number of ether oxygens (including phenoxy) is 1. The molecule has 1 amide bonds. The standard InChI is InChI=1S/C23H24ClFN6O6S/c1-13(6-4-8-26-14(2)32)28-18-12-20(37-3)22(16-7-5-9-27-21(16)18)29-30-23-17(24)10-15(38(25,35)36)11-19(23)31(33)34/h5,7,9-13,28H,4,6,8H2,1-3H3,(H,26,32). The van der Waals surface area contributed by atoms with E-state index < -0.39 is 36.4 Å². The zero-order chi connectivity index (χ0) is 28.0. The Kier molecular flexibility index (Phi) is 9.12. The summed E-state index contributed by atoms with van der Waals surface area (Å²) in [5, 5.41) is 25.7. The number of hydrogen-bond acceptors (Lipinski definition) is 10. The molecule has 0 aliphatic heterocycles. The number of carbonyl (C=O) groups is 1. The number of nitrogens with zero attached hydrogens (tertiary/aromatic N) is 4. The molecule has 2 aromatic carbocycles. The molecule has 15 heteroatoms. The first kappa shape index (κ1) is 28.7. The average molecular weight is 567 g/mol. The summed E-state index contributed by atoms with van der Waals surface area (Å²) in [6, 6.07) is 6.28. The van der Waals surface area contributed by atoms with Gasteiger partial charge >= 0.3 is 10.2 Å². The lowest BCUT2D eigenvalue weighted by Crippen LogP contribution is -2.23. The van der Waals surface area contributed by atoms with Crippen LogP contribution in [0.5, 0.6) is 5.75 Å². The van der Waals surface area contributed by atoms with Crippen LogP contribution >= 0.6 is 11.6 Å². The van der Waals surface area contributed by atoms with Crippen molar-refractivity contribution in [1.29, 1.82) is 0 Å². The maximum absolute atomic E-state index is 13.4. The van der Waals surface area contributed by atoms with E-state index in [-0.39, 0.29) is 23.4 Å². The van der Waals surface area contributed by atoms with Crippen LogP contribution in [0.4, 0.5) is 26.6 Å². The lowest BCUT2D eigenvalue weighted by Gasteiger charge is -2.18. The summed E-state index contributed by atoms with van der Waals surface area (Å²) >= 11 is 6.03. The number of anilines is 1. The van der Waals surface area contributed by atoms with Crippen LogP contribution in [-0.2, 0) is 15.0 Å². The van der Waals surface area contributed by atoms with E-state index in [1.165, 1.54) is 14.0 Å². The number of carbonyl (C=O) groups excluding carboxylic acids is 1. The van der Waals surface area contributed by atoms with Gasteiger partial charge in [0, 0.05) is 43.2 Å². The first-order valence-electron chi connectivity index (χ1n) is 11.2. The summed E-state index contributed by atoms with van der Waals surface area (Å²) < 4.78 is 41.4. The highest BCUT2D eigenvalue weighted by Crippen LogP contribution is 2.43. The highest BCUT2D eigenvalue weighted by Gasteiger charge is 2.25. The van der Waals surface area contributed by atoms with Crippen LogP contribution in [-0.4, -0.2) is 43.9 Å². The minimum absolute atomic E-state index is 0.0119. The lowest BCUT2D eigenvalue weighted by atomic mass is 10.1. The van der Waals surface area contributed by atoms with Crippen LogP contribution in [0.2, 0.25) is 5.02 Å². The molecule has 0 saturated carbocycles. The maximum atomic E-state index is 13.4. The number of hydrogen-bond donors (Lipinski definition) is 2. The Bertz CT molecular complexity index is 1520. The number of amides is 1. The molecule has 0 aliphatic carbocycles. The van der Waals surface area contributed by atoms with Crippen LogP contribution < -0.4 is 15.4 Å². The van der Waals surface area contributed by atoms with Crippen molar-refractivity contribution in [3.05, 3.63) is 51.7 Å². The van der Waals surface area contributed by atoms with Gasteiger partial charge in [-0.1, -0.05) is 11.6 Å². The molecule has 2 N–H and O–H groups in total. The molecule has 0 bridgehead atoms. The number of aromatic nitrogens is 1. The highest BCUT2D eigenvalue weighted by molar-refractivity contribution is 7.86. The van der Waals surface area contributed by atoms with Crippen LogP contribution in [0.25, 0.3) is 10.9 Å². The summed E-state index contributed by atoms with van der Waals surface area (Å²) in [6.07, 6.45) is 3.09. The van der Waals surface area contributed by atoms with E-state index in [0.717, 1.165) is 18.9 Å². The summed E-state index contributed by atoms with van der Waals surface area (Å²) in [4.78, 5) is 25.1. The summed E-state index contributed by atoms with van der Waals surface area (Å²) in [5.74, 6) is 0.175. The maximum Gasteiger partial charge on any atom is 0.332 e. The summed E-state index contributed by atoms with van der Waals surface area (Å²) in [5.41, 5.74) is 0.0517. The van der Waals surface area contributed by atoms with E-state index >= 15 is 0 Å². The molecule has 0 aliphatic rings. The van der Waals surface area contributed by atoms with E-state index in [0.29, 0.717) is 29.2 Å². The fourth-order valence-corrected chi connectivity index (χ4v) is 4.46. The normalized spacial score (nSPS) is 12.4. The third kappa shape index (κ3) is 6.89. The van der Waals surface area contributed by atoms with E-state index in [1.807, 2.05) is 6.92 Å². The van der Waals surface area contributed by atoms with Crippen molar-refractivity contribution in [3.8, 4) is 5.75 Å². The fraction of sp³-hybridized carbons (Fsp3) is 0.304. The second-order valence-electron chi connectivity index (χ2n) is 8.21. The smallest absolute Gasteiger partial charge is 0.332 e. The number of fused-ring (bicyclic) bond motifs is 1. The molecule has 38 heavy (non-hydrogen) atoms.